The summed E-state index contributed by atoms with van der Waals surface area (Å²) in [5.74, 6) is -0.338. The van der Waals surface area contributed by atoms with Gasteiger partial charge in [0, 0.05) is 38.3 Å². The summed E-state index contributed by atoms with van der Waals surface area (Å²) in [6.45, 7) is 5.62. The van der Waals surface area contributed by atoms with Crippen LogP contribution in [0.3, 0.4) is 0 Å². The van der Waals surface area contributed by atoms with Crippen molar-refractivity contribution in [1.82, 2.24) is 10.2 Å². The standard InChI is InChI=1S/C21H26N4O4/c1-15-3-5-16(6-4-15)19(14-24-9-11-29-12-10-24)23-21(26)17-7-8-18(22-2)20(13-17)25(27)28/h3-8,13,19,22H,9-12,14H2,1-2H3,(H,23,26)/t19-/m1/s1. The second kappa shape index (κ2) is 9.49. The highest BCUT2D eigenvalue weighted by molar-refractivity contribution is 5.96. The number of amides is 1. The minimum atomic E-state index is -0.492. The molecule has 0 aliphatic carbocycles. The van der Waals surface area contributed by atoms with Gasteiger partial charge in [0.25, 0.3) is 11.6 Å². The van der Waals surface area contributed by atoms with Crippen molar-refractivity contribution in [2.24, 2.45) is 0 Å². The molecule has 1 amide bonds. The van der Waals surface area contributed by atoms with E-state index < -0.39 is 4.92 Å². The number of nitro groups is 1. The molecule has 0 spiro atoms. The van der Waals surface area contributed by atoms with Gasteiger partial charge in [-0.05, 0) is 24.6 Å². The van der Waals surface area contributed by atoms with E-state index in [4.69, 9.17) is 4.74 Å². The zero-order valence-corrected chi connectivity index (χ0v) is 16.7. The summed E-state index contributed by atoms with van der Waals surface area (Å²) in [5, 5.41) is 17.1. The molecule has 0 radical (unpaired) electrons. The van der Waals surface area contributed by atoms with Crippen LogP contribution in [0.4, 0.5) is 11.4 Å². The molecule has 2 aromatic rings. The van der Waals surface area contributed by atoms with Gasteiger partial charge in [-0.25, -0.2) is 0 Å². The van der Waals surface area contributed by atoms with Crippen molar-refractivity contribution in [2.45, 2.75) is 13.0 Å². The van der Waals surface area contributed by atoms with E-state index in [2.05, 4.69) is 15.5 Å². The predicted octanol–water partition coefficient (Wildman–Crippen LogP) is 2.75. The van der Waals surface area contributed by atoms with E-state index in [0.717, 1.165) is 24.2 Å². The molecule has 2 aromatic carbocycles. The van der Waals surface area contributed by atoms with Gasteiger partial charge in [-0.15, -0.1) is 0 Å². The fourth-order valence-electron chi connectivity index (χ4n) is 3.35. The quantitative estimate of drug-likeness (QED) is 0.550. The molecule has 1 aliphatic rings. The Bertz CT molecular complexity index is 863. The lowest BCUT2D eigenvalue weighted by atomic mass is 10.0. The van der Waals surface area contributed by atoms with Crippen LogP contribution in [0, 0.1) is 17.0 Å². The molecule has 0 unspecified atom stereocenters. The molecule has 0 bridgehead atoms. The number of carbonyl (C=O) groups excluding carboxylic acids is 1. The minimum Gasteiger partial charge on any atom is -0.383 e. The molecule has 29 heavy (non-hydrogen) atoms. The first-order valence-electron chi connectivity index (χ1n) is 9.61. The number of nitrogens with zero attached hydrogens (tertiary/aromatic N) is 2. The van der Waals surface area contributed by atoms with Gasteiger partial charge >= 0.3 is 0 Å². The molecule has 1 saturated heterocycles. The molecule has 2 N–H and O–H groups in total. The number of morpholine rings is 1. The summed E-state index contributed by atoms with van der Waals surface area (Å²) >= 11 is 0. The fourth-order valence-corrected chi connectivity index (χ4v) is 3.35. The molecule has 8 heteroatoms. The molecule has 1 atom stereocenters. The van der Waals surface area contributed by atoms with Crippen LogP contribution in [-0.4, -0.2) is 55.6 Å². The van der Waals surface area contributed by atoms with Gasteiger partial charge in [-0.3, -0.25) is 19.8 Å². The van der Waals surface area contributed by atoms with Crippen molar-refractivity contribution in [1.29, 1.82) is 0 Å². The SMILES string of the molecule is CNc1ccc(C(=O)N[C@H](CN2CCOCC2)c2ccc(C)cc2)cc1[N+](=O)[O-]. The van der Waals surface area contributed by atoms with E-state index in [-0.39, 0.29) is 23.2 Å². The van der Waals surface area contributed by atoms with Crippen molar-refractivity contribution in [3.8, 4) is 0 Å². The van der Waals surface area contributed by atoms with Crippen LogP contribution in [0.2, 0.25) is 0 Å². The van der Waals surface area contributed by atoms with E-state index in [9.17, 15) is 14.9 Å². The topological polar surface area (TPSA) is 96.7 Å². The molecular weight excluding hydrogens is 372 g/mol. The number of carbonyl (C=O) groups is 1. The Kier molecular flexibility index (Phi) is 6.79. The van der Waals surface area contributed by atoms with Gasteiger partial charge in [0.2, 0.25) is 0 Å². The lowest BCUT2D eigenvalue weighted by Gasteiger charge is -2.31. The van der Waals surface area contributed by atoms with Gasteiger partial charge < -0.3 is 15.4 Å². The summed E-state index contributed by atoms with van der Waals surface area (Å²) in [5.41, 5.74) is 2.64. The largest absolute Gasteiger partial charge is 0.383 e. The maximum Gasteiger partial charge on any atom is 0.293 e. The number of anilines is 1. The molecule has 3 rings (SSSR count). The van der Waals surface area contributed by atoms with Gasteiger partial charge in [0.1, 0.15) is 5.69 Å². The summed E-state index contributed by atoms with van der Waals surface area (Å²) in [7, 11) is 1.61. The molecule has 1 aliphatic heterocycles. The van der Waals surface area contributed by atoms with E-state index in [0.29, 0.717) is 25.4 Å². The predicted molar refractivity (Wildman–Crippen MR) is 111 cm³/mol. The first-order chi connectivity index (χ1) is 14.0. The number of hydrogen-bond acceptors (Lipinski definition) is 6. The van der Waals surface area contributed by atoms with E-state index >= 15 is 0 Å². The molecule has 0 saturated carbocycles. The molecule has 1 fully saturated rings. The van der Waals surface area contributed by atoms with Crippen LogP contribution >= 0.6 is 0 Å². The van der Waals surface area contributed by atoms with Crippen LogP contribution in [0.1, 0.15) is 27.5 Å². The van der Waals surface area contributed by atoms with Gasteiger partial charge in [0.05, 0.1) is 24.2 Å². The Morgan fingerprint density at radius 2 is 1.90 bits per heavy atom. The second-order valence-corrected chi connectivity index (χ2v) is 7.09. The van der Waals surface area contributed by atoms with Gasteiger partial charge in [0.15, 0.2) is 0 Å². The van der Waals surface area contributed by atoms with E-state index in [1.54, 1.807) is 19.2 Å². The highest BCUT2D eigenvalue weighted by Crippen LogP contribution is 2.25. The summed E-state index contributed by atoms with van der Waals surface area (Å²) in [4.78, 5) is 26.0. The Balaban J connectivity index is 1.82. The number of aryl methyl sites for hydroxylation is 1. The molecular formula is C21H26N4O4. The van der Waals surface area contributed by atoms with Gasteiger partial charge in [-0.2, -0.15) is 0 Å². The average molecular weight is 398 g/mol. The first kappa shape index (κ1) is 20.8. The summed E-state index contributed by atoms with van der Waals surface area (Å²) in [6.07, 6.45) is 0. The monoisotopic (exact) mass is 398 g/mol. The lowest BCUT2D eigenvalue weighted by Crippen LogP contribution is -2.43. The highest BCUT2D eigenvalue weighted by atomic mass is 16.6. The third-order valence-electron chi connectivity index (χ3n) is 5.06. The zero-order chi connectivity index (χ0) is 20.8. The molecule has 8 nitrogen and oxygen atoms in total. The molecule has 0 aromatic heterocycles. The van der Waals surface area contributed by atoms with E-state index in [1.807, 2.05) is 31.2 Å². The van der Waals surface area contributed by atoms with E-state index in [1.165, 1.54) is 6.07 Å². The minimum absolute atomic E-state index is 0.125. The van der Waals surface area contributed by atoms with Crippen molar-refractivity contribution in [3.05, 3.63) is 69.3 Å². The summed E-state index contributed by atoms with van der Waals surface area (Å²) in [6, 6.07) is 12.3. The van der Waals surface area contributed by atoms with Crippen molar-refractivity contribution in [2.75, 3.05) is 45.2 Å². The lowest BCUT2D eigenvalue weighted by molar-refractivity contribution is -0.384. The fraction of sp³-hybridized carbons (Fsp3) is 0.381. The van der Waals surface area contributed by atoms with Crippen molar-refractivity contribution in [3.63, 3.8) is 0 Å². The smallest absolute Gasteiger partial charge is 0.293 e. The normalized spacial score (nSPS) is 15.5. The first-order valence-corrected chi connectivity index (χ1v) is 9.61. The second-order valence-electron chi connectivity index (χ2n) is 7.09. The van der Waals surface area contributed by atoms with Crippen LogP contribution in [0.15, 0.2) is 42.5 Å². The Morgan fingerprint density at radius 1 is 1.21 bits per heavy atom. The Hall–Kier alpha value is -2.97. The Morgan fingerprint density at radius 3 is 2.52 bits per heavy atom. The number of benzene rings is 2. The van der Waals surface area contributed by atoms with Crippen LogP contribution in [0.25, 0.3) is 0 Å². The molecule has 1 heterocycles. The number of hydrogen-bond donors (Lipinski definition) is 2. The third kappa shape index (κ3) is 5.30. The van der Waals surface area contributed by atoms with Gasteiger partial charge in [-0.1, -0.05) is 29.8 Å². The average Bonchev–Trinajstić information content (AvgIpc) is 2.74. The van der Waals surface area contributed by atoms with Crippen LogP contribution in [-0.2, 0) is 4.74 Å². The molecule has 154 valence electrons. The van der Waals surface area contributed by atoms with Crippen LogP contribution < -0.4 is 10.6 Å². The number of nitrogens with one attached hydrogen (secondary N) is 2. The van der Waals surface area contributed by atoms with Crippen molar-refractivity contribution >= 4 is 17.3 Å². The summed E-state index contributed by atoms with van der Waals surface area (Å²) < 4.78 is 5.41. The number of ether oxygens (including phenoxy) is 1. The van der Waals surface area contributed by atoms with Crippen molar-refractivity contribution < 1.29 is 14.5 Å². The number of rotatable bonds is 7. The maximum absolute atomic E-state index is 12.9. The third-order valence-corrected chi connectivity index (χ3v) is 5.06. The van der Waals surface area contributed by atoms with Crippen LogP contribution in [0.5, 0.6) is 0 Å². The maximum atomic E-state index is 12.9. The highest BCUT2D eigenvalue weighted by Gasteiger charge is 2.22. The Labute approximate surface area is 170 Å². The zero-order valence-electron chi connectivity index (χ0n) is 16.7. The number of nitro benzene ring substituents is 1.